The molecule has 106 valence electrons. The van der Waals surface area contributed by atoms with Crippen molar-refractivity contribution in [3.63, 3.8) is 0 Å². The number of thiophene rings is 1. The SMILES string of the molecule is Nc1c(C(=O)NCCCC2CC2)sc2ccc(Br)cc12. The Balaban J connectivity index is 1.68. The molecule has 1 aromatic carbocycles. The van der Waals surface area contributed by atoms with Crippen LogP contribution >= 0.6 is 27.3 Å². The second kappa shape index (κ2) is 5.74. The van der Waals surface area contributed by atoms with Crippen molar-refractivity contribution in [3.05, 3.63) is 27.5 Å². The first-order chi connectivity index (χ1) is 9.65. The highest BCUT2D eigenvalue weighted by Crippen LogP contribution is 2.35. The number of fused-ring (bicyclic) bond motifs is 1. The van der Waals surface area contributed by atoms with Crippen molar-refractivity contribution in [1.82, 2.24) is 5.32 Å². The lowest BCUT2D eigenvalue weighted by atomic mass is 10.2. The van der Waals surface area contributed by atoms with E-state index < -0.39 is 0 Å². The van der Waals surface area contributed by atoms with Gasteiger partial charge in [-0.3, -0.25) is 4.79 Å². The first-order valence-corrected chi connectivity index (χ1v) is 8.52. The molecule has 3 N–H and O–H groups in total. The van der Waals surface area contributed by atoms with Gasteiger partial charge in [0.05, 0.1) is 5.69 Å². The van der Waals surface area contributed by atoms with Crippen LogP contribution in [0.5, 0.6) is 0 Å². The summed E-state index contributed by atoms with van der Waals surface area (Å²) >= 11 is 4.89. The third-order valence-electron chi connectivity index (χ3n) is 3.67. The Labute approximate surface area is 130 Å². The molecule has 1 aliphatic rings. The molecule has 1 amide bonds. The fourth-order valence-electron chi connectivity index (χ4n) is 2.34. The minimum Gasteiger partial charge on any atom is -0.397 e. The molecule has 20 heavy (non-hydrogen) atoms. The Morgan fingerprint density at radius 2 is 2.25 bits per heavy atom. The molecule has 5 heteroatoms. The van der Waals surface area contributed by atoms with E-state index in [4.69, 9.17) is 5.73 Å². The minimum atomic E-state index is -0.0457. The van der Waals surface area contributed by atoms with Crippen LogP contribution in [0.15, 0.2) is 22.7 Å². The summed E-state index contributed by atoms with van der Waals surface area (Å²) in [6.07, 6.45) is 5.03. The summed E-state index contributed by atoms with van der Waals surface area (Å²) in [5, 5.41) is 3.93. The lowest BCUT2D eigenvalue weighted by Crippen LogP contribution is -2.24. The fraction of sp³-hybridized carbons (Fsp3) is 0.400. The summed E-state index contributed by atoms with van der Waals surface area (Å²) in [6.45, 7) is 0.743. The van der Waals surface area contributed by atoms with E-state index in [1.54, 1.807) is 0 Å². The molecule has 1 aromatic heterocycles. The fourth-order valence-corrected chi connectivity index (χ4v) is 3.72. The van der Waals surface area contributed by atoms with Crippen LogP contribution in [0, 0.1) is 5.92 Å². The smallest absolute Gasteiger partial charge is 0.263 e. The zero-order valence-corrected chi connectivity index (χ0v) is 13.5. The molecule has 3 nitrogen and oxygen atoms in total. The van der Waals surface area contributed by atoms with Crippen LogP contribution in [0.3, 0.4) is 0 Å². The van der Waals surface area contributed by atoms with E-state index in [-0.39, 0.29) is 5.91 Å². The molecule has 0 aliphatic heterocycles. The third kappa shape index (κ3) is 2.99. The topological polar surface area (TPSA) is 55.1 Å². The predicted octanol–water partition coefficient (Wildman–Crippen LogP) is 4.17. The Hall–Kier alpha value is -1.07. The molecule has 1 heterocycles. The minimum absolute atomic E-state index is 0.0457. The maximum Gasteiger partial charge on any atom is 0.263 e. The van der Waals surface area contributed by atoms with Gasteiger partial charge in [0.15, 0.2) is 0 Å². The first-order valence-electron chi connectivity index (χ1n) is 6.91. The lowest BCUT2D eigenvalue weighted by Gasteiger charge is -2.03. The second-order valence-electron chi connectivity index (χ2n) is 5.33. The number of amides is 1. The second-order valence-corrected chi connectivity index (χ2v) is 7.29. The van der Waals surface area contributed by atoms with Gasteiger partial charge in [-0.05, 0) is 37.0 Å². The highest BCUT2D eigenvalue weighted by molar-refractivity contribution is 9.10. The molecule has 0 bridgehead atoms. The van der Waals surface area contributed by atoms with Gasteiger partial charge in [-0.1, -0.05) is 28.8 Å². The van der Waals surface area contributed by atoms with Crippen LogP contribution in [0.2, 0.25) is 0 Å². The molecule has 0 spiro atoms. The maximum absolute atomic E-state index is 12.2. The van der Waals surface area contributed by atoms with Gasteiger partial charge in [0.1, 0.15) is 4.88 Å². The van der Waals surface area contributed by atoms with E-state index >= 15 is 0 Å². The quantitative estimate of drug-likeness (QED) is 0.793. The van der Waals surface area contributed by atoms with Gasteiger partial charge in [0, 0.05) is 21.1 Å². The Bertz CT molecular complexity index is 649. The molecule has 1 saturated carbocycles. The Morgan fingerprint density at radius 1 is 1.45 bits per heavy atom. The number of benzene rings is 1. The summed E-state index contributed by atoms with van der Waals surface area (Å²) in [6, 6.07) is 5.92. The zero-order valence-electron chi connectivity index (χ0n) is 11.1. The monoisotopic (exact) mass is 352 g/mol. The van der Waals surface area contributed by atoms with Crippen molar-refractivity contribution < 1.29 is 4.79 Å². The van der Waals surface area contributed by atoms with Crippen LogP contribution in [-0.2, 0) is 0 Å². The largest absolute Gasteiger partial charge is 0.397 e. The van der Waals surface area contributed by atoms with Crippen LogP contribution in [0.1, 0.15) is 35.4 Å². The maximum atomic E-state index is 12.2. The summed E-state index contributed by atoms with van der Waals surface area (Å²) in [5.74, 6) is 0.870. The average Bonchev–Trinajstić information content (AvgIpc) is 3.20. The Kier molecular flexibility index (Phi) is 3.98. The van der Waals surface area contributed by atoms with Gasteiger partial charge < -0.3 is 11.1 Å². The van der Waals surface area contributed by atoms with E-state index in [1.807, 2.05) is 18.2 Å². The van der Waals surface area contributed by atoms with Gasteiger partial charge in [0.25, 0.3) is 5.91 Å². The van der Waals surface area contributed by atoms with Gasteiger partial charge in [-0.15, -0.1) is 11.3 Å². The van der Waals surface area contributed by atoms with Gasteiger partial charge in [-0.25, -0.2) is 0 Å². The summed E-state index contributed by atoms with van der Waals surface area (Å²) in [4.78, 5) is 12.8. The molecule has 1 fully saturated rings. The van der Waals surface area contributed by atoms with Crippen molar-refractivity contribution in [2.24, 2.45) is 5.92 Å². The van der Waals surface area contributed by atoms with Gasteiger partial charge in [0.2, 0.25) is 0 Å². The number of nitrogens with one attached hydrogen (secondary N) is 1. The number of nitrogen functional groups attached to an aromatic ring is 1. The molecular formula is C15H17BrN2OS. The van der Waals surface area contributed by atoms with E-state index in [9.17, 15) is 4.79 Å². The van der Waals surface area contributed by atoms with Crippen LogP contribution in [0.25, 0.3) is 10.1 Å². The summed E-state index contributed by atoms with van der Waals surface area (Å²) in [7, 11) is 0. The number of carbonyl (C=O) groups excluding carboxylic acids is 1. The van der Waals surface area contributed by atoms with Crippen molar-refractivity contribution in [1.29, 1.82) is 0 Å². The molecular weight excluding hydrogens is 336 g/mol. The standard InChI is InChI=1S/C15H17BrN2OS/c16-10-5-6-12-11(8-10)13(17)14(20-12)15(19)18-7-1-2-9-3-4-9/h5-6,8-9H,1-4,7,17H2,(H,18,19). The molecule has 0 atom stereocenters. The molecule has 0 radical (unpaired) electrons. The number of hydrogen-bond acceptors (Lipinski definition) is 3. The highest BCUT2D eigenvalue weighted by Gasteiger charge is 2.20. The van der Waals surface area contributed by atoms with Crippen LogP contribution < -0.4 is 11.1 Å². The molecule has 3 rings (SSSR count). The predicted molar refractivity (Wildman–Crippen MR) is 88.2 cm³/mol. The summed E-state index contributed by atoms with van der Waals surface area (Å²) in [5.41, 5.74) is 6.69. The number of halogens is 1. The normalized spacial score (nSPS) is 14.7. The average molecular weight is 353 g/mol. The molecule has 2 aromatic rings. The molecule has 1 aliphatic carbocycles. The number of rotatable bonds is 5. The van der Waals surface area contributed by atoms with E-state index in [1.165, 1.54) is 30.6 Å². The van der Waals surface area contributed by atoms with E-state index in [0.29, 0.717) is 10.6 Å². The van der Waals surface area contributed by atoms with Crippen LogP contribution in [0.4, 0.5) is 5.69 Å². The van der Waals surface area contributed by atoms with E-state index in [0.717, 1.165) is 33.4 Å². The summed E-state index contributed by atoms with van der Waals surface area (Å²) < 4.78 is 2.03. The van der Waals surface area contributed by atoms with E-state index in [2.05, 4.69) is 21.2 Å². The van der Waals surface area contributed by atoms with Crippen molar-refractivity contribution in [2.75, 3.05) is 12.3 Å². The number of anilines is 1. The lowest BCUT2D eigenvalue weighted by molar-refractivity contribution is 0.0957. The number of hydrogen-bond donors (Lipinski definition) is 2. The van der Waals surface area contributed by atoms with Crippen molar-refractivity contribution in [2.45, 2.75) is 25.7 Å². The van der Waals surface area contributed by atoms with Crippen LogP contribution in [-0.4, -0.2) is 12.5 Å². The molecule has 0 unspecified atom stereocenters. The Morgan fingerprint density at radius 3 is 3.00 bits per heavy atom. The molecule has 0 saturated heterocycles. The zero-order chi connectivity index (χ0) is 14.1. The number of nitrogens with two attached hydrogens (primary N) is 1. The highest BCUT2D eigenvalue weighted by atomic mass is 79.9. The third-order valence-corrected chi connectivity index (χ3v) is 5.34. The van der Waals surface area contributed by atoms with Crippen molar-refractivity contribution >= 4 is 48.9 Å². The first kappa shape index (κ1) is 13.9. The van der Waals surface area contributed by atoms with Gasteiger partial charge in [-0.2, -0.15) is 0 Å². The van der Waals surface area contributed by atoms with Crippen molar-refractivity contribution in [3.8, 4) is 0 Å². The van der Waals surface area contributed by atoms with Gasteiger partial charge >= 0.3 is 0 Å². The number of carbonyl (C=O) groups is 1.